The maximum atomic E-state index is 12.4. The van der Waals surface area contributed by atoms with E-state index in [0.717, 1.165) is 18.5 Å². The Kier molecular flexibility index (Phi) is 6.75. The number of anilines is 1. The highest BCUT2D eigenvalue weighted by Crippen LogP contribution is 2.18. The molecule has 0 fully saturated rings. The van der Waals surface area contributed by atoms with Crippen LogP contribution in [0.3, 0.4) is 0 Å². The van der Waals surface area contributed by atoms with Gasteiger partial charge in [0.25, 0.3) is 11.8 Å². The molecule has 25 heavy (non-hydrogen) atoms. The van der Waals surface area contributed by atoms with Crippen LogP contribution in [0.4, 0.5) is 5.69 Å². The summed E-state index contributed by atoms with van der Waals surface area (Å²) in [6.45, 7) is 6.98. The molecule has 4 nitrogen and oxygen atoms in total. The van der Waals surface area contributed by atoms with E-state index in [0.29, 0.717) is 23.6 Å². The van der Waals surface area contributed by atoms with Crippen molar-refractivity contribution in [1.29, 1.82) is 0 Å². The molecule has 0 heterocycles. The van der Waals surface area contributed by atoms with Crippen molar-refractivity contribution in [3.05, 3.63) is 65.2 Å². The lowest BCUT2D eigenvalue weighted by Gasteiger charge is -2.09. The van der Waals surface area contributed by atoms with Crippen molar-refractivity contribution >= 4 is 17.5 Å². The van der Waals surface area contributed by atoms with E-state index in [1.54, 1.807) is 24.3 Å². The maximum absolute atomic E-state index is 12.4. The van der Waals surface area contributed by atoms with Crippen LogP contribution < -0.4 is 10.6 Å². The molecule has 4 heteroatoms. The molecule has 0 spiro atoms. The third kappa shape index (κ3) is 5.45. The quantitative estimate of drug-likeness (QED) is 0.725. The highest BCUT2D eigenvalue weighted by molar-refractivity contribution is 6.06. The summed E-state index contributed by atoms with van der Waals surface area (Å²) in [7, 11) is 0. The van der Waals surface area contributed by atoms with Crippen LogP contribution in [0.25, 0.3) is 0 Å². The van der Waals surface area contributed by atoms with Crippen LogP contribution >= 0.6 is 0 Å². The first-order chi connectivity index (χ1) is 12.0. The largest absolute Gasteiger partial charge is 0.352 e. The Bertz CT molecular complexity index is 721. The number of rotatable bonds is 7. The van der Waals surface area contributed by atoms with Crippen molar-refractivity contribution in [3.63, 3.8) is 0 Å². The third-order valence-electron chi connectivity index (χ3n) is 4.04. The molecular formula is C21H26N2O2. The zero-order valence-corrected chi connectivity index (χ0v) is 15.1. The molecule has 0 aliphatic rings. The normalized spacial score (nSPS) is 10.6. The SMILES string of the molecule is CCCCNC(=O)c1cccc(C(=O)Nc2ccc(C(C)C)cc2)c1. The number of amides is 2. The Morgan fingerprint density at radius 3 is 2.20 bits per heavy atom. The van der Waals surface area contributed by atoms with Gasteiger partial charge in [0.05, 0.1) is 0 Å². The van der Waals surface area contributed by atoms with Crippen molar-refractivity contribution in [2.75, 3.05) is 11.9 Å². The van der Waals surface area contributed by atoms with Crippen LogP contribution in [-0.4, -0.2) is 18.4 Å². The van der Waals surface area contributed by atoms with Gasteiger partial charge in [0.2, 0.25) is 0 Å². The van der Waals surface area contributed by atoms with Crippen molar-refractivity contribution in [2.24, 2.45) is 0 Å². The summed E-state index contributed by atoms with van der Waals surface area (Å²) in [4.78, 5) is 24.5. The van der Waals surface area contributed by atoms with Gasteiger partial charge in [-0.1, -0.05) is 45.4 Å². The van der Waals surface area contributed by atoms with E-state index in [4.69, 9.17) is 0 Å². The highest BCUT2D eigenvalue weighted by atomic mass is 16.2. The average Bonchev–Trinajstić information content (AvgIpc) is 2.62. The standard InChI is InChI=1S/C21H26N2O2/c1-4-5-13-22-20(24)17-7-6-8-18(14-17)21(25)23-19-11-9-16(10-12-19)15(2)3/h6-12,14-15H,4-5,13H2,1-3H3,(H,22,24)(H,23,25). The Hall–Kier alpha value is -2.62. The van der Waals surface area contributed by atoms with Crippen LogP contribution in [0.5, 0.6) is 0 Å². The van der Waals surface area contributed by atoms with Crippen LogP contribution in [0.2, 0.25) is 0 Å². The molecule has 0 aromatic heterocycles. The predicted octanol–water partition coefficient (Wildman–Crippen LogP) is 4.59. The van der Waals surface area contributed by atoms with E-state index in [2.05, 4.69) is 31.4 Å². The molecule has 0 saturated heterocycles. The second-order valence-corrected chi connectivity index (χ2v) is 6.42. The summed E-state index contributed by atoms with van der Waals surface area (Å²) < 4.78 is 0. The van der Waals surface area contributed by atoms with Crippen molar-refractivity contribution in [1.82, 2.24) is 5.32 Å². The first kappa shape index (κ1) is 18.7. The van der Waals surface area contributed by atoms with Gasteiger partial charge in [-0.05, 0) is 48.2 Å². The molecule has 0 saturated carbocycles. The Morgan fingerprint density at radius 1 is 0.960 bits per heavy atom. The second kappa shape index (κ2) is 9.02. The predicted molar refractivity (Wildman–Crippen MR) is 102 cm³/mol. The van der Waals surface area contributed by atoms with Gasteiger partial charge in [-0.2, -0.15) is 0 Å². The van der Waals surface area contributed by atoms with Crippen molar-refractivity contribution in [3.8, 4) is 0 Å². The number of benzene rings is 2. The summed E-state index contributed by atoms with van der Waals surface area (Å²) >= 11 is 0. The molecule has 2 aromatic rings. The number of hydrogen-bond acceptors (Lipinski definition) is 2. The van der Waals surface area contributed by atoms with Crippen LogP contribution in [-0.2, 0) is 0 Å². The Morgan fingerprint density at radius 2 is 1.60 bits per heavy atom. The third-order valence-corrected chi connectivity index (χ3v) is 4.04. The summed E-state index contributed by atoms with van der Waals surface area (Å²) in [5.41, 5.74) is 2.94. The fourth-order valence-corrected chi connectivity index (χ4v) is 2.44. The molecule has 0 bridgehead atoms. The van der Waals surface area contributed by atoms with Gasteiger partial charge >= 0.3 is 0 Å². The molecular weight excluding hydrogens is 312 g/mol. The molecule has 2 aromatic carbocycles. The first-order valence-electron chi connectivity index (χ1n) is 8.81. The molecule has 132 valence electrons. The van der Waals surface area contributed by atoms with E-state index < -0.39 is 0 Å². The van der Waals surface area contributed by atoms with E-state index in [1.807, 2.05) is 24.3 Å². The summed E-state index contributed by atoms with van der Waals surface area (Å²) in [6, 6.07) is 14.6. The maximum Gasteiger partial charge on any atom is 0.255 e. The van der Waals surface area contributed by atoms with Gasteiger partial charge in [-0.3, -0.25) is 9.59 Å². The van der Waals surface area contributed by atoms with Gasteiger partial charge in [-0.15, -0.1) is 0 Å². The monoisotopic (exact) mass is 338 g/mol. The number of nitrogens with one attached hydrogen (secondary N) is 2. The summed E-state index contributed by atoms with van der Waals surface area (Å²) in [5, 5.41) is 5.73. The lowest BCUT2D eigenvalue weighted by molar-refractivity contribution is 0.0953. The van der Waals surface area contributed by atoms with E-state index in [-0.39, 0.29) is 11.8 Å². The van der Waals surface area contributed by atoms with E-state index in [1.165, 1.54) is 5.56 Å². The second-order valence-electron chi connectivity index (χ2n) is 6.42. The molecule has 0 radical (unpaired) electrons. The summed E-state index contributed by atoms with van der Waals surface area (Å²) in [5.74, 6) is 0.0811. The minimum absolute atomic E-state index is 0.149. The molecule has 2 N–H and O–H groups in total. The summed E-state index contributed by atoms with van der Waals surface area (Å²) in [6.07, 6.45) is 1.97. The van der Waals surface area contributed by atoms with Gasteiger partial charge < -0.3 is 10.6 Å². The number of carbonyl (C=O) groups excluding carboxylic acids is 2. The van der Waals surface area contributed by atoms with E-state index >= 15 is 0 Å². The molecule has 0 aliphatic heterocycles. The number of hydrogen-bond donors (Lipinski definition) is 2. The molecule has 2 rings (SSSR count). The average molecular weight is 338 g/mol. The minimum atomic E-state index is -0.222. The van der Waals surface area contributed by atoms with Crippen molar-refractivity contribution < 1.29 is 9.59 Å². The van der Waals surface area contributed by atoms with Crippen LogP contribution in [0.1, 0.15) is 65.8 Å². The lowest BCUT2D eigenvalue weighted by Crippen LogP contribution is -2.24. The van der Waals surface area contributed by atoms with Gasteiger partial charge in [-0.25, -0.2) is 0 Å². The number of unbranched alkanes of at least 4 members (excludes halogenated alkanes) is 1. The molecule has 0 unspecified atom stereocenters. The number of carbonyl (C=O) groups is 2. The highest BCUT2D eigenvalue weighted by Gasteiger charge is 2.11. The van der Waals surface area contributed by atoms with Crippen molar-refractivity contribution in [2.45, 2.75) is 39.5 Å². The van der Waals surface area contributed by atoms with Gasteiger partial charge in [0.15, 0.2) is 0 Å². The fraction of sp³-hybridized carbons (Fsp3) is 0.333. The van der Waals surface area contributed by atoms with Gasteiger partial charge in [0.1, 0.15) is 0 Å². The molecule has 0 atom stereocenters. The zero-order valence-electron chi connectivity index (χ0n) is 15.1. The fourth-order valence-electron chi connectivity index (χ4n) is 2.44. The first-order valence-corrected chi connectivity index (χ1v) is 8.81. The topological polar surface area (TPSA) is 58.2 Å². The molecule has 0 aliphatic carbocycles. The smallest absolute Gasteiger partial charge is 0.255 e. The van der Waals surface area contributed by atoms with Crippen LogP contribution in [0, 0.1) is 0 Å². The zero-order chi connectivity index (χ0) is 18.2. The van der Waals surface area contributed by atoms with E-state index in [9.17, 15) is 9.59 Å². The van der Waals surface area contributed by atoms with Gasteiger partial charge in [0, 0.05) is 23.4 Å². The minimum Gasteiger partial charge on any atom is -0.352 e. The Balaban J connectivity index is 2.04. The Labute approximate surface area is 149 Å². The molecule has 2 amide bonds. The van der Waals surface area contributed by atoms with Crippen LogP contribution in [0.15, 0.2) is 48.5 Å². The lowest BCUT2D eigenvalue weighted by atomic mass is 10.0.